The maximum atomic E-state index is 13.0. The van der Waals surface area contributed by atoms with Crippen LogP contribution in [-0.2, 0) is 12.0 Å². The number of piperidine rings is 1. The van der Waals surface area contributed by atoms with Crippen LogP contribution in [0.25, 0.3) is 0 Å². The number of rotatable bonds is 7. The van der Waals surface area contributed by atoms with Gasteiger partial charge in [0.1, 0.15) is 5.75 Å². The number of urea groups is 1. The summed E-state index contributed by atoms with van der Waals surface area (Å²) in [5, 5.41) is 6.16. The molecule has 0 aliphatic carbocycles. The number of nitrogens with zero attached hydrogens (tertiary/aromatic N) is 1. The van der Waals surface area contributed by atoms with Crippen LogP contribution in [0.4, 0.5) is 4.79 Å². The molecule has 6 nitrogen and oxygen atoms in total. The minimum absolute atomic E-state index is 0.0522. The van der Waals surface area contributed by atoms with E-state index in [4.69, 9.17) is 4.74 Å². The molecule has 176 valence electrons. The van der Waals surface area contributed by atoms with E-state index in [-0.39, 0.29) is 17.4 Å². The van der Waals surface area contributed by atoms with Gasteiger partial charge in [-0.3, -0.25) is 4.79 Å². The number of amides is 3. The van der Waals surface area contributed by atoms with Gasteiger partial charge in [-0.15, -0.1) is 0 Å². The highest BCUT2D eigenvalue weighted by Crippen LogP contribution is 2.35. The van der Waals surface area contributed by atoms with Crippen LogP contribution in [-0.4, -0.2) is 43.6 Å². The van der Waals surface area contributed by atoms with Crippen molar-refractivity contribution in [1.82, 2.24) is 15.5 Å². The van der Waals surface area contributed by atoms with E-state index in [0.29, 0.717) is 37.5 Å². The van der Waals surface area contributed by atoms with Crippen LogP contribution in [0.5, 0.6) is 5.75 Å². The van der Waals surface area contributed by atoms with Gasteiger partial charge < -0.3 is 20.3 Å². The summed E-state index contributed by atoms with van der Waals surface area (Å²) in [5.41, 5.74) is 2.53. The molecular formula is C28H31N3O3. The number of carbonyl (C=O) groups excluding carboxylic acids is 2. The van der Waals surface area contributed by atoms with Gasteiger partial charge in [0.15, 0.2) is 0 Å². The molecule has 1 aliphatic rings. The molecule has 1 heterocycles. The molecule has 0 bridgehead atoms. The van der Waals surface area contributed by atoms with Crippen molar-refractivity contribution in [1.29, 1.82) is 0 Å². The van der Waals surface area contributed by atoms with Crippen LogP contribution in [0.1, 0.15) is 34.3 Å². The smallest absolute Gasteiger partial charge is 0.317 e. The van der Waals surface area contributed by atoms with Crippen molar-refractivity contribution in [2.45, 2.75) is 24.8 Å². The number of ether oxygens (including phenoxy) is 1. The summed E-state index contributed by atoms with van der Waals surface area (Å²) >= 11 is 0. The van der Waals surface area contributed by atoms with Crippen LogP contribution in [0.15, 0.2) is 84.9 Å². The molecule has 0 unspecified atom stereocenters. The molecule has 3 aromatic carbocycles. The molecule has 6 heteroatoms. The zero-order valence-corrected chi connectivity index (χ0v) is 19.5. The molecule has 2 N–H and O–H groups in total. The Hall–Kier alpha value is -3.80. The molecule has 3 aromatic rings. The molecule has 0 spiro atoms. The fraction of sp³-hybridized carbons (Fsp3) is 0.286. The number of para-hydroxylation sites is 1. The quantitative estimate of drug-likeness (QED) is 0.554. The minimum atomic E-state index is -0.241. The number of carbonyl (C=O) groups is 2. The predicted octanol–water partition coefficient (Wildman–Crippen LogP) is 4.37. The Morgan fingerprint density at radius 3 is 2.15 bits per heavy atom. The van der Waals surface area contributed by atoms with E-state index in [0.717, 1.165) is 18.4 Å². The Bertz CT molecular complexity index is 1090. The van der Waals surface area contributed by atoms with Crippen molar-refractivity contribution < 1.29 is 14.3 Å². The van der Waals surface area contributed by atoms with Gasteiger partial charge in [0.2, 0.25) is 0 Å². The average Bonchev–Trinajstić information content (AvgIpc) is 2.91. The lowest BCUT2D eigenvalue weighted by Gasteiger charge is -2.42. The molecule has 3 amide bonds. The summed E-state index contributed by atoms with van der Waals surface area (Å²) in [6.07, 6.45) is 1.53. The van der Waals surface area contributed by atoms with Gasteiger partial charge in [-0.05, 0) is 36.1 Å². The second-order valence-electron chi connectivity index (χ2n) is 8.66. The Labute approximate surface area is 200 Å². The Balaban J connectivity index is 1.42. The van der Waals surface area contributed by atoms with E-state index >= 15 is 0 Å². The first kappa shape index (κ1) is 23.4. The van der Waals surface area contributed by atoms with E-state index < -0.39 is 0 Å². The fourth-order valence-electron chi connectivity index (χ4n) is 4.56. The third-order valence-electron chi connectivity index (χ3n) is 6.62. The molecule has 0 atom stereocenters. The van der Waals surface area contributed by atoms with Crippen LogP contribution >= 0.6 is 0 Å². The zero-order chi connectivity index (χ0) is 23.8. The monoisotopic (exact) mass is 457 g/mol. The highest BCUT2D eigenvalue weighted by molar-refractivity contribution is 5.97. The summed E-state index contributed by atoms with van der Waals surface area (Å²) in [4.78, 5) is 27.6. The number of hydrogen-bond donors (Lipinski definition) is 2. The third kappa shape index (κ3) is 5.39. The fourth-order valence-corrected chi connectivity index (χ4v) is 4.56. The standard InChI is InChI=1S/C28H31N3O3/c1-34-25-15-9-8-14-24(25)26(32)30-21-28(23-12-6-3-7-13-23)16-18-31(19-17-28)27(33)29-20-22-10-4-2-5-11-22/h2-15H,16-21H2,1H3,(H,29,33)(H,30,32). The number of nitrogens with one attached hydrogen (secondary N) is 2. The molecule has 0 aromatic heterocycles. The highest BCUT2D eigenvalue weighted by atomic mass is 16.5. The van der Waals surface area contributed by atoms with E-state index in [2.05, 4.69) is 22.8 Å². The summed E-state index contributed by atoms with van der Waals surface area (Å²) in [5.74, 6) is 0.398. The highest BCUT2D eigenvalue weighted by Gasteiger charge is 2.38. The van der Waals surface area contributed by atoms with Crippen molar-refractivity contribution in [3.63, 3.8) is 0 Å². The van der Waals surface area contributed by atoms with Crippen molar-refractivity contribution >= 4 is 11.9 Å². The maximum absolute atomic E-state index is 13.0. The van der Waals surface area contributed by atoms with Crippen LogP contribution in [0, 0.1) is 0 Å². The normalized spacial score (nSPS) is 14.8. The van der Waals surface area contributed by atoms with Gasteiger partial charge in [-0.1, -0.05) is 72.8 Å². The van der Waals surface area contributed by atoms with Crippen LogP contribution in [0.3, 0.4) is 0 Å². The average molecular weight is 458 g/mol. The van der Waals surface area contributed by atoms with Crippen molar-refractivity contribution in [3.05, 3.63) is 102 Å². The first-order valence-electron chi connectivity index (χ1n) is 11.6. The van der Waals surface area contributed by atoms with Crippen molar-refractivity contribution in [3.8, 4) is 5.75 Å². The summed E-state index contributed by atoms with van der Waals surface area (Å²) in [6, 6.07) is 27.4. The van der Waals surface area contributed by atoms with Crippen LogP contribution in [0.2, 0.25) is 0 Å². The molecule has 0 saturated carbocycles. The van der Waals surface area contributed by atoms with Gasteiger partial charge >= 0.3 is 6.03 Å². The molecule has 1 saturated heterocycles. The van der Waals surface area contributed by atoms with Gasteiger partial charge in [-0.2, -0.15) is 0 Å². The SMILES string of the molecule is COc1ccccc1C(=O)NCC1(c2ccccc2)CCN(C(=O)NCc2ccccc2)CC1. The Morgan fingerprint density at radius 2 is 1.47 bits per heavy atom. The van der Waals surface area contributed by atoms with Gasteiger partial charge in [0, 0.05) is 31.6 Å². The minimum Gasteiger partial charge on any atom is -0.496 e. The zero-order valence-electron chi connectivity index (χ0n) is 19.5. The van der Waals surface area contributed by atoms with E-state index in [1.807, 2.05) is 65.6 Å². The maximum Gasteiger partial charge on any atom is 0.317 e. The largest absolute Gasteiger partial charge is 0.496 e. The molecule has 1 fully saturated rings. The van der Waals surface area contributed by atoms with E-state index in [9.17, 15) is 9.59 Å². The summed E-state index contributed by atoms with van der Waals surface area (Å²) < 4.78 is 5.35. The van der Waals surface area contributed by atoms with Crippen molar-refractivity contribution in [2.75, 3.05) is 26.7 Å². The van der Waals surface area contributed by atoms with Gasteiger partial charge in [0.25, 0.3) is 5.91 Å². The molecule has 1 aliphatic heterocycles. The molecule has 4 rings (SSSR count). The number of hydrogen-bond acceptors (Lipinski definition) is 3. The molecular weight excluding hydrogens is 426 g/mol. The summed E-state index contributed by atoms with van der Waals surface area (Å²) in [6.45, 7) is 2.25. The molecule has 0 radical (unpaired) electrons. The van der Waals surface area contributed by atoms with E-state index in [1.54, 1.807) is 19.2 Å². The van der Waals surface area contributed by atoms with Gasteiger partial charge in [0.05, 0.1) is 12.7 Å². The second kappa shape index (κ2) is 10.9. The van der Waals surface area contributed by atoms with Gasteiger partial charge in [-0.25, -0.2) is 4.79 Å². The van der Waals surface area contributed by atoms with Crippen molar-refractivity contribution in [2.24, 2.45) is 0 Å². The topological polar surface area (TPSA) is 70.7 Å². The second-order valence-corrected chi connectivity index (χ2v) is 8.66. The predicted molar refractivity (Wildman–Crippen MR) is 133 cm³/mol. The Kier molecular flexibility index (Phi) is 7.48. The summed E-state index contributed by atoms with van der Waals surface area (Å²) in [7, 11) is 1.57. The lowest BCUT2D eigenvalue weighted by Crippen LogP contribution is -2.52. The first-order chi connectivity index (χ1) is 16.6. The number of methoxy groups -OCH3 is 1. The first-order valence-corrected chi connectivity index (χ1v) is 11.6. The molecule has 34 heavy (non-hydrogen) atoms. The lowest BCUT2D eigenvalue weighted by molar-refractivity contribution is 0.0923. The number of likely N-dealkylation sites (tertiary alicyclic amines) is 1. The number of benzene rings is 3. The Morgan fingerprint density at radius 1 is 0.853 bits per heavy atom. The van der Waals surface area contributed by atoms with Crippen LogP contribution < -0.4 is 15.4 Å². The third-order valence-corrected chi connectivity index (χ3v) is 6.62. The van der Waals surface area contributed by atoms with E-state index in [1.165, 1.54) is 5.56 Å². The lowest BCUT2D eigenvalue weighted by atomic mass is 9.72.